The van der Waals surface area contributed by atoms with Gasteiger partial charge in [0.2, 0.25) is 11.8 Å². The molecule has 3 aliphatic heterocycles. The van der Waals surface area contributed by atoms with Crippen LogP contribution in [0.15, 0.2) is 24.3 Å². The summed E-state index contributed by atoms with van der Waals surface area (Å²) in [6.45, 7) is 8.39. The maximum Gasteiger partial charge on any atom is 0.408 e. The van der Waals surface area contributed by atoms with E-state index in [1.54, 1.807) is 40.0 Å². The van der Waals surface area contributed by atoms with Gasteiger partial charge >= 0.3 is 6.09 Å². The van der Waals surface area contributed by atoms with Crippen LogP contribution in [0, 0.1) is 11.3 Å². The molecule has 0 aromatic heterocycles. The van der Waals surface area contributed by atoms with Gasteiger partial charge in [-0.1, -0.05) is 12.1 Å². The average molecular weight is 539 g/mol. The lowest BCUT2D eigenvalue weighted by molar-refractivity contribution is -0.141. The fourth-order valence-electron chi connectivity index (χ4n) is 5.85. The Morgan fingerprint density at radius 2 is 1.90 bits per heavy atom. The Morgan fingerprint density at radius 1 is 1.21 bits per heavy atom. The number of piperazine rings is 1. The number of alkyl carbamates (subject to hydrolysis) is 1. The average Bonchev–Trinajstić information content (AvgIpc) is 3.60. The molecule has 3 aliphatic rings. The summed E-state index contributed by atoms with van der Waals surface area (Å²) < 4.78 is 5.41. The lowest BCUT2D eigenvalue weighted by Crippen LogP contribution is -2.59. The smallest absolute Gasteiger partial charge is 0.408 e. The van der Waals surface area contributed by atoms with Crippen molar-refractivity contribution in [3.63, 3.8) is 0 Å². The van der Waals surface area contributed by atoms with Crippen LogP contribution in [-0.2, 0) is 14.3 Å². The molecule has 11 nitrogen and oxygen atoms in total. The number of rotatable bonds is 7. The summed E-state index contributed by atoms with van der Waals surface area (Å²) in [7, 11) is 1.58. The van der Waals surface area contributed by atoms with E-state index in [-0.39, 0.29) is 36.3 Å². The first kappa shape index (κ1) is 28.4. The van der Waals surface area contributed by atoms with Crippen molar-refractivity contribution in [3.05, 3.63) is 35.4 Å². The van der Waals surface area contributed by atoms with Crippen LogP contribution in [0.5, 0.6) is 0 Å². The van der Waals surface area contributed by atoms with Gasteiger partial charge in [-0.25, -0.2) is 4.79 Å². The van der Waals surface area contributed by atoms with E-state index >= 15 is 0 Å². The number of likely N-dealkylation sites (tertiary alicyclic amines) is 3. The molecule has 210 valence electrons. The quantitative estimate of drug-likeness (QED) is 0.540. The number of nitrogens with zero attached hydrogens (tertiary/aromatic N) is 4. The van der Waals surface area contributed by atoms with Crippen molar-refractivity contribution in [1.29, 1.82) is 5.26 Å². The van der Waals surface area contributed by atoms with Crippen molar-refractivity contribution in [1.82, 2.24) is 25.3 Å². The normalized spacial score (nSPS) is 24.3. The standard InChI is InChI=1S/C28H38N6O5/c1-17(18-8-10-19(11-9-18)24(35)30-5)34-21-13-23(26(34)37)32(15-21)16-22(31-27(38)39-28(2,3)4)25(36)33-12-6-7-20(33)14-29/h8-11,17,20-23H,6-7,12-13,15-16H2,1-5H3,(H,30,35)(H,31,38)/t17-,20-,21-,22-,23-/m0/s1. The Kier molecular flexibility index (Phi) is 8.16. The van der Waals surface area contributed by atoms with E-state index < -0.39 is 29.8 Å². The van der Waals surface area contributed by atoms with Gasteiger partial charge in [-0.05, 0) is 64.7 Å². The molecule has 11 heteroatoms. The van der Waals surface area contributed by atoms with Crippen LogP contribution in [0.25, 0.3) is 0 Å². The minimum absolute atomic E-state index is 0.0198. The van der Waals surface area contributed by atoms with E-state index in [1.165, 1.54) is 4.90 Å². The van der Waals surface area contributed by atoms with E-state index in [9.17, 15) is 24.4 Å². The number of nitriles is 1. The second-order valence-electron chi connectivity index (χ2n) is 11.5. The number of hydrogen-bond donors (Lipinski definition) is 2. The van der Waals surface area contributed by atoms with E-state index in [4.69, 9.17) is 4.74 Å². The third-order valence-electron chi connectivity index (χ3n) is 7.70. The molecule has 0 radical (unpaired) electrons. The molecule has 4 rings (SSSR count). The molecular formula is C28H38N6O5. The molecule has 0 aliphatic carbocycles. The molecule has 1 aromatic carbocycles. The maximum atomic E-state index is 13.5. The van der Waals surface area contributed by atoms with Crippen molar-refractivity contribution >= 4 is 23.8 Å². The molecule has 0 unspecified atom stereocenters. The number of hydrogen-bond acceptors (Lipinski definition) is 7. The highest BCUT2D eigenvalue weighted by molar-refractivity contribution is 5.94. The Morgan fingerprint density at radius 3 is 2.49 bits per heavy atom. The zero-order valence-electron chi connectivity index (χ0n) is 23.3. The molecule has 2 N–H and O–H groups in total. The van der Waals surface area contributed by atoms with E-state index in [1.807, 2.05) is 28.9 Å². The number of carbonyl (C=O) groups is 4. The summed E-state index contributed by atoms with van der Waals surface area (Å²) in [4.78, 5) is 56.9. The fourth-order valence-corrected chi connectivity index (χ4v) is 5.85. The molecule has 5 atom stereocenters. The highest BCUT2D eigenvalue weighted by atomic mass is 16.6. The largest absolute Gasteiger partial charge is 0.444 e. The molecule has 0 spiro atoms. The van der Waals surface area contributed by atoms with Gasteiger partial charge in [-0.2, -0.15) is 5.26 Å². The lowest BCUT2D eigenvalue weighted by atomic mass is 10.0. The summed E-state index contributed by atoms with van der Waals surface area (Å²) in [6.07, 6.45) is 1.26. The maximum absolute atomic E-state index is 13.5. The zero-order chi connectivity index (χ0) is 28.5. The molecular weight excluding hydrogens is 500 g/mol. The van der Waals surface area contributed by atoms with Gasteiger partial charge in [-0.15, -0.1) is 0 Å². The molecule has 1 aromatic rings. The van der Waals surface area contributed by atoms with Crippen molar-refractivity contribution in [2.45, 2.75) is 82.8 Å². The first-order valence-corrected chi connectivity index (χ1v) is 13.5. The second-order valence-corrected chi connectivity index (χ2v) is 11.5. The number of carbonyl (C=O) groups excluding carboxylic acids is 4. The summed E-state index contributed by atoms with van der Waals surface area (Å²) in [5, 5.41) is 14.8. The van der Waals surface area contributed by atoms with Crippen molar-refractivity contribution in [2.24, 2.45) is 0 Å². The zero-order valence-corrected chi connectivity index (χ0v) is 23.3. The third-order valence-corrected chi connectivity index (χ3v) is 7.70. The predicted octanol–water partition coefficient (Wildman–Crippen LogP) is 1.80. The molecule has 4 amide bonds. The summed E-state index contributed by atoms with van der Waals surface area (Å²) in [5.74, 6) is -0.518. The lowest BCUT2D eigenvalue weighted by Gasteiger charge is -2.39. The van der Waals surface area contributed by atoms with Crippen LogP contribution >= 0.6 is 0 Å². The SMILES string of the molecule is CNC(=O)c1ccc([C@H](C)N2C(=O)[C@@H]3C[C@H]2CN3C[C@H](NC(=O)OC(C)(C)C)C(=O)N2CCC[C@H]2C#N)cc1. The fraction of sp³-hybridized carbons (Fsp3) is 0.607. The van der Waals surface area contributed by atoms with Crippen molar-refractivity contribution in [3.8, 4) is 6.07 Å². The van der Waals surface area contributed by atoms with Gasteiger partial charge in [0.15, 0.2) is 0 Å². The number of nitrogens with one attached hydrogen (secondary N) is 2. The number of ether oxygens (including phenoxy) is 1. The van der Waals surface area contributed by atoms with Crippen LogP contribution in [0.4, 0.5) is 4.79 Å². The summed E-state index contributed by atoms with van der Waals surface area (Å²) in [5.41, 5.74) is 0.753. The molecule has 3 saturated heterocycles. The Hall–Kier alpha value is -3.65. The summed E-state index contributed by atoms with van der Waals surface area (Å²) in [6, 6.07) is 7.35. The molecule has 3 fully saturated rings. The number of fused-ring (bicyclic) bond motifs is 2. The van der Waals surface area contributed by atoms with Gasteiger partial charge < -0.3 is 25.2 Å². The van der Waals surface area contributed by atoms with Crippen molar-refractivity contribution < 1.29 is 23.9 Å². The minimum Gasteiger partial charge on any atom is -0.444 e. The molecule has 0 saturated carbocycles. The van der Waals surface area contributed by atoms with Crippen LogP contribution in [-0.4, -0.2) is 95.0 Å². The number of benzene rings is 1. The van der Waals surface area contributed by atoms with E-state index in [0.717, 1.165) is 12.0 Å². The van der Waals surface area contributed by atoms with Crippen LogP contribution in [0.2, 0.25) is 0 Å². The van der Waals surface area contributed by atoms with Gasteiger partial charge in [0.05, 0.1) is 18.2 Å². The van der Waals surface area contributed by atoms with Crippen LogP contribution in [0.3, 0.4) is 0 Å². The van der Waals surface area contributed by atoms with Gasteiger partial charge in [0, 0.05) is 38.3 Å². The van der Waals surface area contributed by atoms with E-state index in [2.05, 4.69) is 16.7 Å². The minimum atomic E-state index is -0.941. The monoisotopic (exact) mass is 538 g/mol. The van der Waals surface area contributed by atoms with Crippen LogP contribution < -0.4 is 10.6 Å². The number of amides is 4. The van der Waals surface area contributed by atoms with Gasteiger partial charge in [0.25, 0.3) is 5.91 Å². The second kappa shape index (κ2) is 11.2. The molecule has 2 bridgehead atoms. The Labute approximate surface area is 229 Å². The highest BCUT2D eigenvalue weighted by Crippen LogP contribution is 2.38. The Bertz CT molecular complexity index is 1160. The van der Waals surface area contributed by atoms with Crippen molar-refractivity contribution in [2.75, 3.05) is 26.7 Å². The third kappa shape index (κ3) is 6.01. The van der Waals surface area contributed by atoms with E-state index in [0.29, 0.717) is 31.5 Å². The highest BCUT2D eigenvalue weighted by Gasteiger charge is 2.52. The summed E-state index contributed by atoms with van der Waals surface area (Å²) >= 11 is 0. The Balaban J connectivity index is 1.46. The van der Waals surface area contributed by atoms with Gasteiger partial charge in [-0.3, -0.25) is 19.3 Å². The molecule has 39 heavy (non-hydrogen) atoms. The van der Waals surface area contributed by atoms with Crippen LogP contribution in [0.1, 0.15) is 68.9 Å². The first-order chi connectivity index (χ1) is 18.4. The first-order valence-electron chi connectivity index (χ1n) is 13.5. The molecule has 3 heterocycles. The predicted molar refractivity (Wildman–Crippen MR) is 142 cm³/mol. The topological polar surface area (TPSA) is 135 Å². The van der Waals surface area contributed by atoms with Gasteiger partial charge in [0.1, 0.15) is 17.7 Å².